The highest BCUT2D eigenvalue weighted by Crippen LogP contribution is 2.31. The van der Waals surface area contributed by atoms with Crippen LogP contribution in [0.1, 0.15) is 84.0 Å². The van der Waals surface area contributed by atoms with E-state index in [1.807, 2.05) is 0 Å². The van der Waals surface area contributed by atoms with Gasteiger partial charge in [-0.05, 0) is 44.6 Å². The number of nitrogens with one attached hydrogen (secondary N) is 2. The van der Waals surface area contributed by atoms with Gasteiger partial charge >= 0.3 is 0 Å². The quantitative estimate of drug-likeness (QED) is 0.617. The molecule has 0 amide bonds. The van der Waals surface area contributed by atoms with Crippen molar-refractivity contribution in [2.45, 2.75) is 96.1 Å². The summed E-state index contributed by atoms with van der Waals surface area (Å²) in [5.74, 6) is 0.999. The molecular weight excluding hydrogens is 244 g/mol. The molecule has 0 bridgehead atoms. The Morgan fingerprint density at radius 2 is 1.70 bits per heavy atom. The zero-order chi connectivity index (χ0) is 14.0. The lowest BCUT2D eigenvalue weighted by Gasteiger charge is -2.40. The topological polar surface area (TPSA) is 24.1 Å². The molecule has 2 aliphatic rings. The van der Waals surface area contributed by atoms with Crippen LogP contribution in [0.15, 0.2) is 0 Å². The zero-order valence-corrected chi connectivity index (χ0v) is 13.6. The third-order valence-corrected chi connectivity index (χ3v) is 5.34. The fourth-order valence-electron chi connectivity index (χ4n) is 4.04. The molecule has 1 heterocycles. The second kappa shape index (κ2) is 9.78. The molecule has 0 aromatic rings. The number of unbranched alkanes of at least 4 members (excludes halogenated alkanes) is 5. The maximum atomic E-state index is 3.91. The average Bonchev–Trinajstić information content (AvgIpc) is 2.50. The van der Waals surface area contributed by atoms with E-state index < -0.39 is 0 Å². The predicted molar refractivity (Wildman–Crippen MR) is 88.1 cm³/mol. The van der Waals surface area contributed by atoms with Crippen LogP contribution < -0.4 is 10.6 Å². The molecule has 118 valence electrons. The van der Waals surface area contributed by atoms with Crippen LogP contribution in [0, 0.1) is 5.92 Å². The molecule has 2 fully saturated rings. The summed E-state index contributed by atoms with van der Waals surface area (Å²) in [5, 5.41) is 7.59. The van der Waals surface area contributed by atoms with Crippen molar-refractivity contribution < 1.29 is 0 Å². The molecule has 3 atom stereocenters. The van der Waals surface area contributed by atoms with Crippen LogP contribution in [0.2, 0.25) is 0 Å². The summed E-state index contributed by atoms with van der Waals surface area (Å²) in [6, 6.07) is 1.59. The second-order valence-corrected chi connectivity index (χ2v) is 7.06. The van der Waals surface area contributed by atoms with Crippen molar-refractivity contribution in [3.05, 3.63) is 0 Å². The molecule has 0 radical (unpaired) electrons. The Morgan fingerprint density at radius 3 is 2.60 bits per heavy atom. The minimum Gasteiger partial charge on any atom is -0.315 e. The van der Waals surface area contributed by atoms with Crippen LogP contribution in [-0.2, 0) is 0 Å². The Labute approximate surface area is 126 Å². The van der Waals surface area contributed by atoms with Crippen LogP contribution in [0.25, 0.3) is 0 Å². The van der Waals surface area contributed by atoms with Gasteiger partial charge in [0.2, 0.25) is 0 Å². The first-order valence-corrected chi connectivity index (χ1v) is 9.37. The van der Waals surface area contributed by atoms with Gasteiger partial charge in [0.15, 0.2) is 0 Å². The number of piperidine rings is 1. The minimum atomic E-state index is 0.745. The van der Waals surface area contributed by atoms with E-state index in [-0.39, 0.29) is 0 Å². The molecule has 2 nitrogen and oxygen atoms in total. The average molecular weight is 280 g/mol. The van der Waals surface area contributed by atoms with Crippen LogP contribution in [0.5, 0.6) is 0 Å². The molecule has 2 N–H and O–H groups in total. The van der Waals surface area contributed by atoms with Crippen LogP contribution >= 0.6 is 0 Å². The Bertz CT molecular complexity index is 242. The molecule has 2 heteroatoms. The van der Waals surface area contributed by atoms with Gasteiger partial charge in [-0.3, -0.25) is 0 Å². The third-order valence-electron chi connectivity index (χ3n) is 5.34. The Balaban J connectivity index is 1.46. The fraction of sp³-hybridized carbons (Fsp3) is 1.00. The smallest absolute Gasteiger partial charge is 0.0195 e. The van der Waals surface area contributed by atoms with Gasteiger partial charge in [-0.25, -0.2) is 0 Å². The highest BCUT2D eigenvalue weighted by atomic mass is 15.0. The summed E-state index contributed by atoms with van der Waals surface area (Å²) in [6.07, 6.45) is 17.1. The lowest BCUT2D eigenvalue weighted by atomic mass is 9.78. The van der Waals surface area contributed by atoms with E-state index in [1.54, 1.807) is 0 Å². The third kappa shape index (κ3) is 5.73. The Morgan fingerprint density at radius 1 is 0.900 bits per heavy atom. The van der Waals surface area contributed by atoms with Gasteiger partial charge in [-0.1, -0.05) is 51.9 Å². The maximum absolute atomic E-state index is 3.91. The molecule has 0 aromatic carbocycles. The first-order valence-electron chi connectivity index (χ1n) is 9.37. The Hall–Kier alpha value is -0.0800. The lowest BCUT2D eigenvalue weighted by Crippen LogP contribution is -2.52. The lowest BCUT2D eigenvalue weighted by molar-refractivity contribution is 0.174. The molecule has 1 aliphatic heterocycles. The normalized spacial score (nSPS) is 30.1. The summed E-state index contributed by atoms with van der Waals surface area (Å²) in [4.78, 5) is 0. The summed E-state index contributed by atoms with van der Waals surface area (Å²) < 4.78 is 0. The van der Waals surface area contributed by atoms with E-state index in [4.69, 9.17) is 0 Å². The van der Waals surface area contributed by atoms with Gasteiger partial charge < -0.3 is 10.6 Å². The summed E-state index contributed by atoms with van der Waals surface area (Å²) in [6.45, 7) is 4.70. The van der Waals surface area contributed by atoms with Crippen LogP contribution in [0.4, 0.5) is 0 Å². The fourth-order valence-corrected chi connectivity index (χ4v) is 4.04. The summed E-state index contributed by atoms with van der Waals surface area (Å²) >= 11 is 0. The molecule has 3 unspecified atom stereocenters. The highest BCUT2D eigenvalue weighted by Gasteiger charge is 2.31. The molecule has 0 aromatic heterocycles. The van der Waals surface area contributed by atoms with E-state index in [0.717, 1.165) is 18.0 Å². The van der Waals surface area contributed by atoms with Gasteiger partial charge in [0.1, 0.15) is 0 Å². The van der Waals surface area contributed by atoms with Crippen molar-refractivity contribution in [3.8, 4) is 0 Å². The summed E-state index contributed by atoms with van der Waals surface area (Å²) in [7, 11) is 0. The molecule has 1 saturated carbocycles. The summed E-state index contributed by atoms with van der Waals surface area (Å²) in [5.41, 5.74) is 0. The zero-order valence-electron chi connectivity index (χ0n) is 13.6. The monoisotopic (exact) mass is 280 g/mol. The van der Waals surface area contributed by atoms with E-state index >= 15 is 0 Å². The predicted octanol–water partition coefficient (Wildman–Crippen LogP) is 4.25. The van der Waals surface area contributed by atoms with Gasteiger partial charge in [0, 0.05) is 18.6 Å². The first kappa shape index (κ1) is 16.3. The Kier molecular flexibility index (Phi) is 7.97. The first-order chi connectivity index (χ1) is 9.90. The van der Waals surface area contributed by atoms with Crippen molar-refractivity contribution in [1.82, 2.24) is 10.6 Å². The molecule has 0 spiro atoms. The molecule has 20 heavy (non-hydrogen) atoms. The minimum absolute atomic E-state index is 0.745. The van der Waals surface area contributed by atoms with E-state index in [9.17, 15) is 0 Å². The number of hydrogen-bond acceptors (Lipinski definition) is 2. The van der Waals surface area contributed by atoms with Crippen molar-refractivity contribution in [2.24, 2.45) is 5.92 Å². The number of fused-ring (bicyclic) bond motifs is 1. The SMILES string of the molecule is CCCCCCCCNCC1CCC2CCCCC2N1. The van der Waals surface area contributed by atoms with Crippen LogP contribution in [-0.4, -0.2) is 25.2 Å². The van der Waals surface area contributed by atoms with Gasteiger partial charge in [0.05, 0.1) is 0 Å². The van der Waals surface area contributed by atoms with Gasteiger partial charge in [-0.15, -0.1) is 0 Å². The van der Waals surface area contributed by atoms with Gasteiger partial charge in [0.25, 0.3) is 0 Å². The molecule has 2 rings (SSSR count). The largest absolute Gasteiger partial charge is 0.315 e. The van der Waals surface area contributed by atoms with Crippen molar-refractivity contribution in [3.63, 3.8) is 0 Å². The van der Waals surface area contributed by atoms with Crippen molar-refractivity contribution >= 4 is 0 Å². The second-order valence-electron chi connectivity index (χ2n) is 7.06. The number of hydrogen-bond donors (Lipinski definition) is 2. The number of rotatable bonds is 9. The van der Waals surface area contributed by atoms with Gasteiger partial charge in [-0.2, -0.15) is 0 Å². The molecule has 1 aliphatic carbocycles. The van der Waals surface area contributed by atoms with E-state index in [1.165, 1.54) is 90.1 Å². The standard InChI is InChI=1S/C18H36N2/c1-2-3-4-5-6-9-14-19-15-17-13-12-16-10-7-8-11-18(16)20-17/h16-20H,2-15H2,1H3. The molecular formula is C18H36N2. The maximum Gasteiger partial charge on any atom is 0.0195 e. The van der Waals surface area contributed by atoms with E-state index in [2.05, 4.69) is 17.6 Å². The van der Waals surface area contributed by atoms with Crippen molar-refractivity contribution in [2.75, 3.05) is 13.1 Å². The highest BCUT2D eigenvalue weighted by molar-refractivity contribution is 4.89. The van der Waals surface area contributed by atoms with Crippen molar-refractivity contribution in [1.29, 1.82) is 0 Å². The van der Waals surface area contributed by atoms with Crippen LogP contribution in [0.3, 0.4) is 0 Å². The van der Waals surface area contributed by atoms with E-state index in [0.29, 0.717) is 0 Å². The molecule has 1 saturated heterocycles.